The molecule has 20 heavy (non-hydrogen) atoms. The molecule has 0 fully saturated rings. The van der Waals surface area contributed by atoms with Crippen LogP contribution in [-0.4, -0.2) is 16.5 Å². The monoisotopic (exact) mass is 270 g/mol. The molecule has 0 aliphatic rings. The first-order valence-electron chi connectivity index (χ1n) is 7.01. The second-order valence-corrected chi connectivity index (χ2v) is 4.94. The molecular formula is C16H22N4. The van der Waals surface area contributed by atoms with E-state index in [-0.39, 0.29) is 6.04 Å². The van der Waals surface area contributed by atoms with Gasteiger partial charge in [-0.15, -0.1) is 0 Å². The maximum Gasteiger partial charge on any atom is 0.132 e. The lowest BCUT2D eigenvalue weighted by Crippen LogP contribution is -2.11. The first-order chi connectivity index (χ1) is 9.60. The third-order valence-electron chi connectivity index (χ3n) is 3.22. The van der Waals surface area contributed by atoms with E-state index in [9.17, 15) is 0 Å². The van der Waals surface area contributed by atoms with E-state index in [2.05, 4.69) is 65.6 Å². The Balaban J connectivity index is 2.19. The second-order valence-electron chi connectivity index (χ2n) is 4.94. The Bertz CT molecular complexity index is 580. The van der Waals surface area contributed by atoms with Gasteiger partial charge in [0.05, 0.1) is 6.04 Å². The topological polar surface area (TPSA) is 49.8 Å². The second kappa shape index (κ2) is 6.37. The quantitative estimate of drug-likeness (QED) is 0.870. The van der Waals surface area contributed by atoms with Gasteiger partial charge in [-0.3, -0.25) is 0 Å². The van der Waals surface area contributed by atoms with Gasteiger partial charge < -0.3 is 10.6 Å². The molecule has 4 nitrogen and oxygen atoms in total. The van der Waals surface area contributed by atoms with Crippen LogP contribution in [-0.2, 0) is 0 Å². The lowest BCUT2D eigenvalue weighted by Gasteiger charge is -2.18. The van der Waals surface area contributed by atoms with E-state index < -0.39 is 0 Å². The molecule has 1 aromatic heterocycles. The Labute approximate surface area is 120 Å². The number of anilines is 2. The maximum atomic E-state index is 4.45. The highest BCUT2D eigenvalue weighted by Crippen LogP contribution is 2.22. The molecule has 0 spiro atoms. The van der Waals surface area contributed by atoms with Gasteiger partial charge in [-0.2, -0.15) is 0 Å². The van der Waals surface area contributed by atoms with E-state index in [1.807, 2.05) is 13.0 Å². The van der Waals surface area contributed by atoms with Crippen molar-refractivity contribution >= 4 is 11.6 Å². The summed E-state index contributed by atoms with van der Waals surface area (Å²) >= 11 is 0. The lowest BCUT2D eigenvalue weighted by molar-refractivity contribution is 0.858. The number of benzene rings is 1. The number of hydrogen-bond acceptors (Lipinski definition) is 4. The van der Waals surface area contributed by atoms with E-state index in [1.165, 1.54) is 11.1 Å². The molecule has 0 amide bonds. The van der Waals surface area contributed by atoms with Crippen LogP contribution in [0.3, 0.4) is 0 Å². The molecule has 106 valence electrons. The lowest BCUT2D eigenvalue weighted by atomic mass is 10.0. The summed E-state index contributed by atoms with van der Waals surface area (Å²) in [4.78, 5) is 8.81. The molecule has 0 aliphatic heterocycles. The molecule has 0 radical (unpaired) electrons. The molecule has 1 aromatic carbocycles. The van der Waals surface area contributed by atoms with Crippen LogP contribution in [0.15, 0.2) is 30.3 Å². The van der Waals surface area contributed by atoms with Gasteiger partial charge in [0.1, 0.15) is 17.5 Å². The van der Waals surface area contributed by atoms with Crippen LogP contribution >= 0.6 is 0 Å². The van der Waals surface area contributed by atoms with Crippen LogP contribution in [0.4, 0.5) is 11.6 Å². The summed E-state index contributed by atoms with van der Waals surface area (Å²) < 4.78 is 0. The predicted molar refractivity (Wildman–Crippen MR) is 84.1 cm³/mol. The van der Waals surface area contributed by atoms with Gasteiger partial charge in [-0.05, 0) is 38.8 Å². The Hall–Kier alpha value is -2.10. The van der Waals surface area contributed by atoms with Crippen molar-refractivity contribution in [2.75, 3.05) is 17.2 Å². The van der Waals surface area contributed by atoms with Crippen molar-refractivity contribution in [3.63, 3.8) is 0 Å². The maximum absolute atomic E-state index is 4.45. The molecule has 2 aromatic rings. The zero-order valence-corrected chi connectivity index (χ0v) is 12.6. The van der Waals surface area contributed by atoms with E-state index in [1.54, 1.807) is 0 Å². The van der Waals surface area contributed by atoms with Crippen LogP contribution in [0.2, 0.25) is 0 Å². The minimum atomic E-state index is 0.208. The zero-order valence-electron chi connectivity index (χ0n) is 12.6. The summed E-state index contributed by atoms with van der Waals surface area (Å²) in [6, 6.07) is 10.6. The number of aryl methyl sites for hydroxylation is 2. The molecule has 0 saturated heterocycles. The van der Waals surface area contributed by atoms with Crippen molar-refractivity contribution < 1.29 is 0 Å². The summed E-state index contributed by atoms with van der Waals surface area (Å²) in [5, 5.41) is 6.67. The predicted octanol–water partition coefficient (Wildman–Crippen LogP) is 3.70. The molecule has 1 heterocycles. The molecule has 2 N–H and O–H groups in total. The van der Waals surface area contributed by atoms with E-state index in [0.29, 0.717) is 0 Å². The number of hydrogen-bond donors (Lipinski definition) is 2. The highest BCUT2D eigenvalue weighted by atomic mass is 15.1. The van der Waals surface area contributed by atoms with Crippen LogP contribution in [0.1, 0.15) is 36.8 Å². The summed E-state index contributed by atoms with van der Waals surface area (Å²) in [6.07, 6.45) is 0. The average molecular weight is 270 g/mol. The van der Waals surface area contributed by atoms with Crippen molar-refractivity contribution in [2.24, 2.45) is 0 Å². The van der Waals surface area contributed by atoms with E-state index in [0.717, 1.165) is 24.0 Å². The minimum absolute atomic E-state index is 0.208. The number of nitrogens with one attached hydrogen (secondary N) is 2. The summed E-state index contributed by atoms with van der Waals surface area (Å²) in [6.45, 7) is 9.09. The van der Waals surface area contributed by atoms with Gasteiger partial charge in [-0.1, -0.05) is 24.3 Å². The van der Waals surface area contributed by atoms with Gasteiger partial charge in [0.2, 0.25) is 0 Å². The van der Waals surface area contributed by atoms with Gasteiger partial charge >= 0.3 is 0 Å². The Morgan fingerprint density at radius 2 is 1.80 bits per heavy atom. The molecule has 0 aliphatic carbocycles. The van der Waals surface area contributed by atoms with E-state index in [4.69, 9.17) is 0 Å². The van der Waals surface area contributed by atoms with Crippen molar-refractivity contribution in [2.45, 2.75) is 33.7 Å². The summed E-state index contributed by atoms with van der Waals surface area (Å²) in [7, 11) is 0. The standard InChI is InChI=1S/C16H22N4/c1-5-17-15-10-16(20-13(4)19-15)18-12(3)14-9-7-6-8-11(14)2/h6-10,12H,5H2,1-4H3,(H2,17,18,19,20). The Kier molecular flexibility index (Phi) is 4.56. The normalized spacial score (nSPS) is 12.0. The fourth-order valence-corrected chi connectivity index (χ4v) is 2.29. The van der Waals surface area contributed by atoms with Crippen molar-refractivity contribution in [3.8, 4) is 0 Å². The van der Waals surface area contributed by atoms with Gasteiger partial charge in [-0.25, -0.2) is 9.97 Å². The smallest absolute Gasteiger partial charge is 0.132 e. The molecular weight excluding hydrogens is 248 g/mol. The molecule has 1 unspecified atom stereocenters. The van der Waals surface area contributed by atoms with Gasteiger partial charge in [0.15, 0.2) is 0 Å². The van der Waals surface area contributed by atoms with Crippen molar-refractivity contribution in [1.29, 1.82) is 0 Å². The largest absolute Gasteiger partial charge is 0.370 e. The number of nitrogens with zero attached hydrogens (tertiary/aromatic N) is 2. The molecule has 0 saturated carbocycles. The Morgan fingerprint density at radius 1 is 1.10 bits per heavy atom. The van der Waals surface area contributed by atoms with Crippen molar-refractivity contribution in [1.82, 2.24) is 9.97 Å². The fraction of sp³-hybridized carbons (Fsp3) is 0.375. The average Bonchev–Trinajstić information content (AvgIpc) is 2.38. The van der Waals surface area contributed by atoms with Gasteiger partial charge in [0.25, 0.3) is 0 Å². The van der Waals surface area contributed by atoms with E-state index >= 15 is 0 Å². The molecule has 2 rings (SSSR count). The van der Waals surface area contributed by atoms with Crippen LogP contribution < -0.4 is 10.6 Å². The zero-order chi connectivity index (χ0) is 14.5. The number of aromatic nitrogens is 2. The third-order valence-corrected chi connectivity index (χ3v) is 3.22. The highest BCUT2D eigenvalue weighted by Gasteiger charge is 2.09. The number of rotatable bonds is 5. The Morgan fingerprint density at radius 3 is 2.50 bits per heavy atom. The van der Waals surface area contributed by atoms with Crippen molar-refractivity contribution in [3.05, 3.63) is 47.3 Å². The minimum Gasteiger partial charge on any atom is -0.370 e. The third kappa shape index (κ3) is 3.47. The molecule has 4 heteroatoms. The van der Waals surface area contributed by atoms with Crippen LogP contribution in [0.25, 0.3) is 0 Å². The van der Waals surface area contributed by atoms with Gasteiger partial charge in [0, 0.05) is 12.6 Å². The summed E-state index contributed by atoms with van der Waals surface area (Å²) in [5.41, 5.74) is 2.57. The first kappa shape index (κ1) is 14.3. The molecule has 0 bridgehead atoms. The summed E-state index contributed by atoms with van der Waals surface area (Å²) in [5.74, 6) is 2.48. The highest BCUT2D eigenvalue weighted by molar-refractivity contribution is 5.49. The first-order valence-corrected chi connectivity index (χ1v) is 7.01. The molecule has 1 atom stereocenters. The fourth-order valence-electron chi connectivity index (χ4n) is 2.29. The SMILES string of the molecule is CCNc1cc(NC(C)c2ccccc2C)nc(C)n1. The van der Waals surface area contributed by atoms with Crippen LogP contribution in [0.5, 0.6) is 0 Å². The van der Waals surface area contributed by atoms with Crippen LogP contribution in [0, 0.1) is 13.8 Å².